The minimum atomic E-state index is -0.349. The molecule has 0 aromatic carbocycles. The van der Waals surface area contributed by atoms with Crippen molar-refractivity contribution in [3.8, 4) is 0 Å². The van der Waals surface area contributed by atoms with Gasteiger partial charge in [-0.2, -0.15) is 0 Å². The summed E-state index contributed by atoms with van der Waals surface area (Å²) in [5.41, 5.74) is 0. The molecular weight excluding hydrogens is 126 g/mol. The molecular formula is C7H17NSi. The van der Waals surface area contributed by atoms with Crippen LogP contribution in [0.4, 0.5) is 0 Å². The number of hydrogen-bond donors (Lipinski definition) is 0. The normalized spacial score (nSPS) is 29.3. The summed E-state index contributed by atoms with van der Waals surface area (Å²) >= 11 is 0. The van der Waals surface area contributed by atoms with Crippen molar-refractivity contribution >= 4 is 8.96 Å². The molecule has 0 radical (unpaired) electrons. The van der Waals surface area contributed by atoms with Crippen molar-refractivity contribution in [2.24, 2.45) is 0 Å². The highest BCUT2D eigenvalue weighted by Crippen LogP contribution is 2.13. The maximum absolute atomic E-state index is 2.72. The first kappa shape index (κ1) is 7.29. The van der Waals surface area contributed by atoms with Gasteiger partial charge in [0.2, 0.25) is 0 Å². The van der Waals surface area contributed by atoms with E-state index in [2.05, 4.69) is 18.0 Å². The fourth-order valence-electron chi connectivity index (χ4n) is 1.61. The molecule has 2 heteroatoms. The predicted molar refractivity (Wildman–Crippen MR) is 44.3 cm³/mol. The molecule has 1 unspecified atom stereocenters. The topological polar surface area (TPSA) is 3.24 Å². The van der Waals surface area contributed by atoms with Crippen LogP contribution in [-0.4, -0.2) is 26.6 Å². The fourth-order valence-corrected chi connectivity index (χ4v) is 4.07. The highest BCUT2D eigenvalue weighted by atomic mass is 28.3. The van der Waals surface area contributed by atoms with Crippen LogP contribution in [0.5, 0.6) is 0 Å². The molecule has 0 aromatic rings. The van der Waals surface area contributed by atoms with Gasteiger partial charge in [0.05, 0.1) is 0 Å². The first-order valence-electron chi connectivity index (χ1n) is 4.08. The van der Waals surface area contributed by atoms with Crippen LogP contribution in [0.1, 0.15) is 19.8 Å². The summed E-state index contributed by atoms with van der Waals surface area (Å²) in [5, 5.41) is 0. The average Bonchev–Trinajstić information content (AvgIpc) is 2.18. The molecule has 1 rings (SSSR count). The zero-order valence-electron chi connectivity index (χ0n) is 6.56. The van der Waals surface area contributed by atoms with Gasteiger partial charge in [0.25, 0.3) is 0 Å². The van der Waals surface area contributed by atoms with Crippen molar-refractivity contribution in [1.29, 1.82) is 0 Å². The number of nitrogens with zero attached hydrogens (tertiary/aromatic N) is 1. The molecule has 1 atom stereocenters. The van der Waals surface area contributed by atoms with Gasteiger partial charge < -0.3 is 4.57 Å². The first-order valence-corrected chi connectivity index (χ1v) is 6.57. The molecule has 0 aliphatic carbocycles. The lowest BCUT2D eigenvalue weighted by molar-refractivity contribution is 0.465. The molecule has 0 aromatic heterocycles. The third-order valence-electron chi connectivity index (χ3n) is 2.20. The van der Waals surface area contributed by atoms with Gasteiger partial charge in [0.15, 0.2) is 0 Å². The second kappa shape index (κ2) is 3.37. The maximum Gasteiger partial charge on any atom is 0.108 e. The Hall–Kier alpha value is 0.177. The number of rotatable bonds is 2. The van der Waals surface area contributed by atoms with Crippen LogP contribution < -0.4 is 0 Å². The molecule has 0 bridgehead atoms. The molecule has 1 saturated heterocycles. The first-order chi connectivity index (χ1) is 4.34. The van der Waals surface area contributed by atoms with Crippen LogP contribution in [-0.2, 0) is 0 Å². The van der Waals surface area contributed by atoms with Gasteiger partial charge in [-0.05, 0) is 32.0 Å². The van der Waals surface area contributed by atoms with E-state index in [4.69, 9.17) is 0 Å². The second-order valence-electron chi connectivity index (χ2n) is 3.03. The van der Waals surface area contributed by atoms with Crippen molar-refractivity contribution in [3.05, 3.63) is 0 Å². The Balaban J connectivity index is 2.22. The minimum absolute atomic E-state index is 0.349. The monoisotopic (exact) mass is 143 g/mol. The SMILES string of the molecule is CCCN1CCC[SiH]1C. The quantitative estimate of drug-likeness (QED) is 0.529. The highest BCUT2D eigenvalue weighted by Gasteiger charge is 2.19. The van der Waals surface area contributed by atoms with Crippen LogP contribution in [0, 0.1) is 0 Å². The Labute approximate surface area is 59.7 Å². The van der Waals surface area contributed by atoms with Gasteiger partial charge in [-0.15, -0.1) is 0 Å². The summed E-state index contributed by atoms with van der Waals surface area (Å²) in [7, 11) is -0.349. The lowest BCUT2D eigenvalue weighted by Crippen LogP contribution is -2.31. The van der Waals surface area contributed by atoms with Crippen molar-refractivity contribution in [2.75, 3.05) is 13.1 Å². The maximum atomic E-state index is 2.72. The van der Waals surface area contributed by atoms with Gasteiger partial charge in [-0.3, -0.25) is 0 Å². The second-order valence-corrected chi connectivity index (χ2v) is 6.03. The summed E-state index contributed by atoms with van der Waals surface area (Å²) < 4.78 is 2.72. The molecule has 1 aliphatic heterocycles. The molecule has 9 heavy (non-hydrogen) atoms. The van der Waals surface area contributed by atoms with Crippen molar-refractivity contribution in [3.63, 3.8) is 0 Å². The predicted octanol–water partition coefficient (Wildman–Crippen LogP) is 1.46. The highest BCUT2D eigenvalue weighted by molar-refractivity contribution is 6.54. The van der Waals surface area contributed by atoms with Gasteiger partial charge in [0.1, 0.15) is 8.96 Å². The van der Waals surface area contributed by atoms with E-state index in [1.807, 2.05) is 0 Å². The third kappa shape index (κ3) is 1.80. The third-order valence-corrected chi connectivity index (χ3v) is 5.21. The summed E-state index contributed by atoms with van der Waals surface area (Å²) in [6.45, 7) is 7.52. The zero-order chi connectivity index (χ0) is 6.69. The Bertz CT molecular complexity index is 85.0. The van der Waals surface area contributed by atoms with E-state index in [0.717, 1.165) is 0 Å². The van der Waals surface area contributed by atoms with Crippen molar-refractivity contribution in [2.45, 2.75) is 32.4 Å². The molecule has 0 spiro atoms. The van der Waals surface area contributed by atoms with Gasteiger partial charge in [-0.1, -0.05) is 13.5 Å². The van der Waals surface area contributed by atoms with Crippen molar-refractivity contribution in [1.82, 2.24) is 4.57 Å². The standard InChI is InChI=1S/C7H17NSi/c1-3-5-8-6-4-7-9(8)2/h9H,3-7H2,1-2H3. The van der Waals surface area contributed by atoms with Crippen LogP contribution in [0.2, 0.25) is 12.6 Å². The molecule has 1 heterocycles. The van der Waals surface area contributed by atoms with Crippen LogP contribution in [0.15, 0.2) is 0 Å². The Morgan fingerprint density at radius 2 is 2.33 bits per heavy atom. The number of hydrogen-bond acceptors (Lipinski definition) is 1. The van der Waals surface area contributed by atoms with Crippen LogP contribution >= 0.6 is 0 Å². The zero-order valence-corrected chi connectivity index (χ0v) is 7.71. The van der Waals surface area contributed by atoms with Crippen LogP contribution in [0.3, 0.4) is 0 Å². The Kier molecular flexibility index (Phi) is 2.73. The summed E-state index contributed by atoms with van der Waals surface area (Å²) in [6.07, 6.45) is 2.82. The van der Waals surface area contributed by atoms with E-state index in [1.165, 1.54) is 25.9 Å². The molecule has 1 nitrogen and oxygen atoms in total. The van der Waals surface area contributed by atoms with Crippen LogP contribution in [0.25, 0.3) is 0 Å². The van der Waals surface area contributed by atoms with Gasteiger partial charge in [0, 0.05) is 0 Å². The molecule has 1 aliphatic rings. The summed E-state index contributed by atoms with van der Waals surface area (Å²) in [6, 6.07) is 1.56. The average molecular weight is 143 g/mol. The molecule has 0 N–H and O–H groups in total. The van der Waals surface area contributed by atoms with Gasteiger partial charge in [-0.25, -0.2) is 0 Å². The molecule has 0 saturated carbocycles. The Morgan fingerprint density at radius 1 is 1.56 bits per heavy atom. The van der Waals surface area contributed by atoms with E-state index in [-0.39, 0.29) is 8.96 Å². The fraction of sp³-hybridized carbons (Fsp3) is 1.00. The Morgan fingerprint density at radius 3 is 2.78 bits per heavy atom. The van der Waals surface area contributed by atoms with E-state index in [0.29, 0.717) is 0 Å². The van der Waals surface area contributed by atoms with Crippen molar-refractivity contribution < 1.29 is 0 Å². The summed E-state index contributed by atoms with van der Waals surface area (Å²) in [4.78, 5) is 0. The van der Waals surface area contributed by atoms with E-state index >= 15 is 0 Å². The molecule has 0 amide bonds. The lowest BCUT2D eigenvalue weighted by Gasteiger charge is -2.18. The van der Waals surface area contributed by atoms with E-state index in [9.17, 15) is 0 Å². The largest absolute Gasteiger partial charge is 0.326 e. The smallest absolute Gasteiger partial charge is 0.108 e. The molecule has 54 valence electrons. The lowest BCUT2D eigenvalue weighted by atomic mass is 10.4. The van der Waals surface area contributed by atoms with E-state index in [1.54, 1.807) is 6.04 Å². The molecule has 1 fully saturated rings. The van der Waals surface area contributed by atoms with E-state index < -0.39 is 0 Å². The summed E-state index contributed by atoms with van der Waals surface area (Å²) in [5.74, 6) is 0. The van der Waals surface area contributed by atoms with Gasteiger partial charge >= 0.3 is 0 Å². The minimum Gasteiger partial charge on any atom is -0.326 e.